The summed E-state index contributed by atoms with van der Waals surface area (Å²) in [5.74, 6) is 0.0485. The number of rotatable bonds is 4. The van der Waals surface area contributed by atoms with E-state index in [1.807, 2.05) is 0 Å². The molecule has 0 radical (unpaired) electrons. The molecule has 2 aromatic heterocycles. The first-order valence-electron chi connectivity index (χ1n) is 5.99. The van der Waals surface area contributed by atoms with Crippen LogP contribution < -0.4 is 4.74 Å². The molecule has 0 spiro atoms. The van der Waals surface area contributed by atoms with Crippen molar-refractivity contribution in [2.75, 3.05) is 13.7 Å². The van der Waals surface area contributed by atoms with E-state index in [1.54, 1.807) is 31.3 Å². The lowest BCUT2D eigenvalue weighted by Crippen LogP contribution is -1.98. The zero-order valence-electron chi connectivity index (χ0n) is 11.1. The standard InChI is InChI=1S/C14H13ClN2O3/c1-3-20-12(18)7-4-9-8-16-14-10(13(9)15)5-6-11(17-14)19-2/h4-8H,3H2,1-2H3. The first-order chi connectivity index (χ1) is 9.65. The number of ether oxygens (including phenoxy) is 2. The van der Waals surface area contributed by atoms with Gasteiger partial charge >= 0.3 is 5.97 Å². The van der Waals surface area contributed by atoms with Gasteiger partial charge in [-0.15, -0.1) is 0 Å². The van der Waals surface area contributed by atoms with Crippen molar-refractivity contribution < 1.29 is 14.3 Å². The van der Waals surface area contributed by atoms with Crippen LogP contribution in [0, 0.1) is 0 Å². The number of pyridine rings is 2. The minimum atomic E-state index is -0.420. The Morgan fingerprint density at radius 1 is 1.45 bits per heavy atom. The molecule has 0 saturated carbocycles. The van der Waals surface area contributed by atoms with Gasteiger partial charge < -0.3 is 9.47 Å². The van der Waals surface area contributed by atoms with Crippen LogP contribution in [0.3, 0.4) is 0 Å². The fourth-order valence-electron chi connectivity index (χ4n) is 1.62. The van der Waals surface area contributed by atoms with Crippen molar-refractivity contribution in [3.8, 4) is 5.88 Å². The molecular weight excluding hydrogens is 280 g/mol. The molecule has 0 atom stereocenters. The maximum atomic E-state index is 11.3. The van der Waals surface area contributed by atoms with Crippen molar-refractivity contribution in [3.05, 3.63) is 35.0 Å². The van der Waals surface area contributed by atoms with E-state index in [4.69, 9.17) is 21.1 Å². The van der Waals surface area contributed by atoms with E-state index >= 15 is 0 Å². The fourth-order valence-corrected chi connectivity index (χ4v) is 1.88. The predicted molar refractivity (Wildman–Crippen MR) is 76.8 cm³/mol. The molecule has 0 aliphatic carbocycles. The first kappa shape index (κ1) is 14.3. The summed E-state index contributed by atoms with van der Waals surface area (Å²) in [7, 11) is 1.53. The molecule has 6 heteroatoms. The molecule has 2 rings (SSSR count). The van der Waals surface area contributed by atoms with Crippen molar-refractivity contribution in [2.24, 2.45) is 0 Å². The summed E-state index contributed by atoms with van der Waals surface area (Å²) in [5, 5.41) is 1.17. The van der Waals surface area contributed by atoms with Gasteiger partial charge in [0, 0.05) is 29.3 Å². The number of methoxy groups -OCH3 is 1. The molecule has 0 aliphatic rings. The zero-order valence-corrected chi connectivity index (χ0v) is 11.8. The van der Waals surface area contributed by atoms with Crippen molar-refractivity contribution in [1.82, 2.24) is 9.97 Å². The molecule has 0 unspecified atom stereocenters. The molecule has 0 saturated heterocycles. The van der Waals surface area contributed by atoms with Crippen molar-refractivity contribution in [2.45, 2.75) is 6.92 Å². The zero-order chi connectivity index (χ0) is 14.5. The second-order valence-electron chi connectivity index (χ2n) is 3.84. The van der Waals surface area contributed by atoms with Crippen molar-refractivity contribution in [1.29, 1.82) is 0 Å². The van der Waals surface area contributed by atoms with Gasteiger partial charge in [0.2, 0.25) is 5.88 Å². The Morgan fingerprint density at radius 2 is 2.25 bits per heavy atom. The fraction of sp³-hybridized carbons (Fsp3) is 0.214. The number of carbonyl (C=O) groups excluding carboxylic acids is 1. The number of carbonyl (C=O) groups is 1. The van der Waals surface area contributed by atoms with Gasteiger partial charge in [0.15, 0.2) is 5.65 Å². The lowest BCUT2D eigenvalue weighted by molar-refractivity contribution is -0.137. The Morgan fingerprint density at radius 3 is 2.95 bits per heavy atom. The normalized spacial score (nSPS) is 10.9. The molecule has 0 fully saturated rings. The summed E-state index contributed by atoms with van der Waals surface area (Å²) in [6.07, 6.45) is 4.43. The number of aromatic nitrogens is 2. The van der Waals surface area contributed by atoms with Crippen molar-refractivity contribution >= 4 is 34.7 Å². The van der Waals surface area contributed by atoms with Crippen molar-refractivity contribution in [3.63, 3.8) is 0 Å². The van der Waals surface area contributed by atoms with Gasteiger partial charge in [0.05, 0.1) is 18.7 Å². The molecule has 0 amide bonds. The molecule has 5 nitrogen and oxygen atoms in total. The molecule has 20 heavy (non-hydrogen) atoms. The topological polar surface area (TPSA) is 61.3 Å². The minimum absolute atomic E-state index is 0.330. The second-order valence-corrected chi connectivity index (χ2v) is 4.22. The Labute approximate surface area is 121 Å². The summed E-state index contributed by atoms with van der Waals surface area (Å²) in [6.45, 7) is 2.08. The molecule has 2 aromatic rings. The third kappa shape index (κ3) is 3.05. The van der Waals surface area contributed by atoms with Crippen LogP contribution in [0.5, 0.6) is 5.88 Å². The molecular formula is C14H13ClN2O3. The van der Waals surface area contributed by atoms with Gasteiger partial charge in [-0.25, -0.2) is 9.78 Å². The molecule has 0 N–H and O–H groups in total. The SMILES string of the molecule is CCOC(=O)C=Cc1cnc2nc(OC)ccc2c1Cl. The number of nitrogens with zero attached hydrogens (tertiary/aromatic N) is 2. The maximum absolute atomic E-state index is 11.3. The average Bonchev–Trinajstić information content (AvgIpc) is 2.46. The highest BCUT2D eigenvalue weighted by molar-refractivity contribution is 6.36. The van der Waals surface area contributed by atoms with Crippen LogP contribution in [0.2, 0.25) is 5.02 Å². The Hall–Kier alpha value is -2.14. The molecule has 2 heterocycles. The van der Waals surface area contributed by atoms with Gasteiger partial charge in [0.1, 0.15) is 0 Å². The summed E-state index contributed by atoms with van der Waals surface area (Å²) in [4.78, 5) is 19.7. The van der Waals surface area contributed by atoms with Crippen LogP contribution in [0.15, 0.2) is 24.4 Å². The summed E-state index contributed by atoms with van der Waals surface area (Å²) in [6, 6.07) is 3.48. The van der Waals surface area contributed by atoms with E-state index in [0.29, 0.717) is 34.1 Å². The maximum Gasteiger partial charge on any atom is 0.330 e. The van der Waals surface area contributed by atoms with Crippen LogP contribution >= 0.6 is 11.6 Å². The number of halogens is 1. The first-order valence-corrected chi connectivity index (χ1v) is 6.37. The lowest BCUT2D eigenvalue weighted by Gasteiger charge is -2.04. The quantitative estimate of drug-likeness (QED) is 0.640. The van der Waals surface area contributed by atoms with Gasteiger partial charge in [-0.2, -0.15) is 4.98 Å². The van der Waals surface area contributed by atoms with Gasteiger partial charge in [-0.1, -0.05) is 11.6 Å². The largest absolute Gasteiger partial charge is 0.481 e. The lowest BCUT2D eigenvalue weighted by atomic mass is 10.2. The third-order valence-electron chi connectivity index (χ3n) is 2.56. The Bertz CT molecular complexity index is 671. The highest BCUT2D eigenvalue weighted by atomic mass is 35.5. The molecule has 0 bridgehead atoms. The summed E-state index contributed by atoms with van der Waals surface area (Å²) < 4.78 is 9.83. The van der Waals surface area contributed by atoms with E-state index in [2.05, 4.69) is 9.97 Å². The van der Waals surface area contributed by atoms with E-state index in [-0.39, 0.29) is 0 Å². The third-order valence-corrected chi connectivity index (χ3v) is 2.98. The summed E-state index contributed by atoms with van der Waals surface area (Å²) in [5.41, 5.74) is 1.11. The Kier molecular flexibility index (Phi) is 4.53. The van der Waals surface area contributed by atoms with E-state index in [1.165, 1.54) is 13.2 Å². The molecule has 0 aromatic carbocycles. The molecule has 0 aliphatic heterocycles. The van der Waals surface area contributed by atoms with Crippen LogP contribution in [0.4, 0.5) is 0 Å². The highest BCUT2D eigenvalue weighted by Crippen LogP contribution is 2.27. The van der Waals surface area contributed by atoms with Gasteiger partial charge in [0.25, 0.3) is 0 Å². The smallest absolute Gasteiger partial charge is 0.330 e. The number of hydrogen-bond acceptors (Lipinski definition) is 5. The van der Waals surface area contributed by atoms with E-state index in [9.17, 15) is 4.79 Å². The number of fused-ring (bicyclic) bond motifs is 1. The number of esters is 1. The second kappa shape index (κ2) is 6.34. The van der Waals surface area contributed by atoms with Crippen LogP contribution in [-0.4, -0.2) is 29.7 Å². The average molecular weight is 293 g/mol. The van der Waals surface area contributed by atoms with E-state index < -0.39 is 5.97 Å². The highest BCUT2D eigenvalue weighted by Gasteiger charge is 2.07. The van der Waals surface area contributed by atoms with Gasteiger partial charge in [-0.05, 0) is 19.1 Å². The summed E-state index contributed by atoms with van der Waals surface area (Å²) >= 11 is 6.27. The Balaban J connectivity index is 2.37. The van der Waals surface area contributed by atoms with Crippen LogP contribution in [0.1, 0.15) is 12.5 Å². The number of hydrogen-bond donors (Lipinski definition) is 0. The van der Waals surface area contributed by atoms with Crippen LogP contribution in [0.25, 0.3) is 17.1 Å². The minimum Gasteiger partial charge on any atom is -0.481 e. The molecule has 104 valence electrons. The van der Waals surface area contributed by atoms with Gasteiger partial charge in [-0.3, -0.25) is 0 Å². The van der Waals surface area contributed by atoms with E-state index in [0.717, 1.165) is 0 Å². The monoisotopic (exact) mass is 292 g/mol. The predicted octanol–water partition coefficient (Wildman–Crippen LogP) is 2.87. The van der Waals surface area contributed by atoms with Crippen LogP contribution in [-0.2, 0) is 9.53 Å².